The summed E-state index contributed by atoms with van der Waals surface area (Å²) in [7, 11) is -2.11. The number of nitrogen functional groups attached to an aromatic ring is 1. The molecule has 1 saturated heterocycles. The highest BCUT2D eigenvalue weighted by Crippen LogP contribution is 2.33. The van der Waals surface area contributed by atoms with E-state index in [9.17, 15) is 8.42 Å². The Kier molecular flexibility index (Phi) is 4.78. The van der Waals surface area contributed by atoms with Gasteiger partial charge >= 0.3 is 0 Å². The number of nitrogens with two attached hydrogens (primary N) is 1. The van der Waals surface area contributed by atoms with Gasteiger partial charge in [-0.25, -0.2) is 8.42 Å². The molecule has 0 aliphatic carbocycles. The molecule has 1 fully saturated rings. The molecule has 2 rings (SSSR count). The SMILES string of the molecule is COc1cc(C)c(N)cc1S(=O)(=O)N1CCCCCC1C. The average molecular weight is 312 g/mol. The maximum absolute atomic E-state index is 13.0. The molecule has 2 N–H and O–H groups in total. The third-order valence-electron chi connectivity index (χ3n) is 4.13. The van der Waals surface area contributed by atoms with Gasteiger partial charge in [0.2, 0.25) is 10.0 Å². The van der Waals surface area contributed by atoms with Crippen LogP contribution in [0.15, 0.2) is 17.0 Å². The van der Waals surface area contributed by atoms with E-state index in [1.807, 2.05) is 13.8 Å². The number of benzene rings is 1. The second kappa shape index (κ2) is 6.23. The Labute approximate surface area is 127 Å². The minimum atomic E-state index is -3.59. The predicted octanol–water partition coefficient (Wildman–Crippen LogP) is 2.54. The van der Waals surface area contributed by atoms with Gasteiger partial charge < -0.3 is 10.5 Å². The first-order valence-corrected chi connectivity index (χ1v) is 8.78. The molecule has 1 aromatic carbocycles. The lowest BCUT2D eigenvalue weighted by molar-refractivity contribution is 0.338. The van der Waals surface area contributed by atoms with Gasteiger partial charge in [0.25, 0.3) is 0 Å². The van der Waals surface area contributed by atoms with E-state index in [2.05, 4.69) is 0 Å². The van der Waals surface area contributed by atoms with E-state index in [1.165, 1.54) is 13.2 Å². The van der Waals surface area contributed by atoms with Gasteiger partial charge in [0.1, 0.15) is 10.6 Å². The van der Waals surface area contributed by atoms with Crippen molar-refractivity contribution in [3.05, 3.63) is 17.7 Å². The molecule has 0 bridgehead atoms. The zero-order valence-corrected chi connectivity index (χ0v) is 13.7. The lowest BCUT2D eigenvalue weighted by Crippen LogP contribution is -2.38. The fourth-order valence-electron chi connectivity index (χ4n) is 2.77. The molecule has 1 unspecified atom stereocenters. The van der Waals surface area contributed by atoms with Crippen LogP contribution >= 0.6 is 0 Å². The van der Waals surface area contributed by atoms with Crippen LogP contribution in [0.4, 0.5) is 5.69 Å². The molecule has 21 heavy (non-hydrogen) atoms. The van der Waals surface area contributed by atoms with Crippen molar-refractivity contribution in [2.75, 3.05) is 19.4 Å². The highest BCUT2D eigenvalue weighted by atomic mass is 32.2. The van der Waals surface area contributed by atoms with Crippen LogP contribution in [-0.2, 0) is 10.0 Å². The van der Waals surface area contributed by atoms with Gasteiger partial charge in [0.05, 0.1) is 7.11 Å². The van der Waals surface area contributed by atoms with Crippen molar-refractivity contribution in [3.8, 4) is 5.75 Å². The highest BCUT2D eigenvalue weighted by Gasteiger charge is 2.32. The van der Waals surface area contributed by atoms with Crippen molar-refractivity contribution in [2.24, 2.45) is 0 Å². The number of sulfonamides is 1. The minimum Gasteiger partial charge on any atom is -0.495 e. The molecule has 0 spiro atoms. The van der Waals surface area contributed by atoms with Crippen molar-refractivity contribution in [1.82, 2.24) is 4.31 Å². The van der Waals surface area contributed by atoms with E-state index in [4.69, 9.17) is 10.5 Å². The molecule has 0 aromatic heterocycles. The van der Waals surface area contributed by atoms with Crippen LogP contribution in [0.2, 0.25) is 0 Å². The van der Waals surface area contributed by atoms with Crippen molar-refractivity contribution >= 4 is 15.7 Å². The summed E-state index contributed by atoms with van der Waals surface area (Å²) < 4.78 is 32.8. The fourth-order valence-corrected chi connectivity index (χ4v) is 4.64. The molecule has 6 heteroatoms. The molecule has 1 aromatic rings. The summed E-state index contributed by atoms with van der Waals surface area (Å²) in [5, 5.41) is 0. The van der Waals surface area contributed by atoms with Gasteiger partial charge in [-0.15, -0.1) is 0 Å². The van der Waals surface area contributed by atoms with Crippen molar-refractivity contribution in [2.45, 2.75) is 50.5 Å². The van der Waals surface area contributed by atoms with Crippen LogP contribution in [-0.4, -0.2) is 32.4 Å². The second-order valence-corrected chi connectivity index (χ2v) is 7.53. The van der Waals surface area contributed by atoms with Gasteiger partial charge in [-0.3, -0.25) is 0 Å². The normalized spacial score (nSPS) is 21.0. The minimum absolute atomic E-state index is 0.00438. The van der Waals surface area contributed by atoms with E-state index >= 15 is 0 Å². The van der Waals surface area contributed by atoms with Gasteiger partial charge in [0.15, 0.2) is 0 Å². The Bertz CT molecular complexity index is 614. The van der Waals surface area contributed by atoms with E-state index in [-0.39, 0.29) is 10.9 Å². The van der Waals surface area contributed by atoms with Crippen LogP contribution < -0.4 is 10.5 Å². The molecule has 0 amide bonds. The predicted molar refractivity (Wildman–Crippen MR) is 84.0 cm³/mol. The Hall–Kier alpha value is -1.27. The van der Waals surface area contributed by atoms with Gasteiger partial charge in [-0.1, -0.05) is 12.8 Å². The Morgan fingerprint density at radius 2 is 2.00 bits per heavy atom. The molecule has 0 saturated carbocycles. The molecule has 1 aliphatic rings. The number of anilines is 1. The maximum atomic E-state index is 13.0. The number of aryl methyl sites for hydroxylation is 1. The number of ether oxygens (including phenoxy) is 1. The van der Waals surface area contributed by atoms with Crippen LogP contribution in [0.25, 0.3) is 0 Å². The van der Waals surface area contributed by atoms with Crippen LogP contribution in [0.1, 0.15) is 38.2 Å². The smallest absolute Gasteiger partial charge is 0.247 e. The number of hydrogen-bond acceptors (Lipinski definition) is 4. The van der Waals surface area contributed by atoms with Crippen molar-refractivity contribution < 1.29 is 13.2 Å². The number of methoxy groups -OCH3 is 1. The lowest BCUT2D eigenvalue weighted by atomic mass is 10.1. The molecule has 1 atom stereocenters. The van der Waals surface area contributed by atoms with Crippen LogP contribution in [0.5, 0.6) is 5.75 Å². The summed E-state index contributed by atoms with van der Waals surface area (Å²) in [6.07, 6.45) is 3.93. The zero-order valence-electron chi connectivity index (χ0n) is 12.9. The first kappa shape index (κ1) is 16.1. The quantitative estimate of drug-likeness (QED) is 0.871. The summed E-state index contributed by atoms with van der Waals surface area (Å²) in [6.45, 7) is 4.36. The number of nitrogens with zero attached hydrogens (tertiary/aromatic N) is 1. The summed E-state index contributed by atoms with van der Waals surface area (Å²) in [4.78, 5) is 0.168. The largest absolute Gasteiger partial charge is 0.495 e. The standard InChI is InChI=1S/C15H24N2O3S/c1-11-9-14(20-3)15(10-13(11)16)21(18,19)17-8-6-4-5-7-12(17)2/h9-10,12H,4-8,16H2,1-3H3. The van der Waals surface area contributed by atoms with E-state index in [1.54, 1.807) is 10.4 Å². The first-order chi connectivity index (χ1) is 9.87. The average Bonchev–Trinajstić information content (AvgIpc) is 2.66. The second-order valence-electron chi connectivity index (χ2n) is 5.67. The van der Waals surface area contributed by atoms with E-state index in [0.717, 1.165) is 31.2 Å². The third-order valence-corrected chi connectivity index (χ3v) is 6.17. The van der Waals surface area contributed by atoms with Crippen molar-refractivity contribution in [3.63, 3.8) is 0 Å². The molecule has 5 nitrogen and oxygen atoms in total. The molecule has 1 heterocycles. The molecular formula is C15H24N2O3S. The number of rotatable bonds is 3. The summed E-state index contributed by atoms with van der Waals surface area (Å²) in [5.41, 5.74) is 7.18. The molecule has 1 aliphatic heterocycles. The van der Waals surface area contributed by atoms with Gasteiger partial charge in [-0.2, -0.15) is 4.31 Å². The Balaban J connectivity index is 2.50. The Morgan fingerprint density at radius 1 is 1.29 bits per heavy atom. The van der Waals surface area contributed by atoms with E-state index in [0.29, 0.717) is 18.0 Å². The fraction of sp³-hybridized carbons (Fsp3) is 0.600. The highest BCUT2D eigenvalue weighted by molar-refractivity contribution is 7.89. The summed E-state index contributed by atoms with van der Waals surface area (Å²) in [6, 6.07) is 3.20. The van der Waals surface area contributed by atoms with E-state index < -0.39 is 10.0 Å². The monoisotopic (exact) mass is 312 g/mol. The zero-order chi connectivity index (χ0) is 15.6. The topological polar surface area (TPSA) is 72.6 Å². The molecular weight excluding hydrogens is 288 g/mol. The molecule has 118 valence electrons. The van der Waals surface area contributed by atoms with Gasteiger partial charge in [0, 0.05) is 18.3 Å². The van der Waals surface area contributed by atoms with Gasteiger partial charge in [-0.05, 0) is 44.4 Å². The number of hydrogen-bond donors (Lipinski definition) is 1. The molecule has 0 radical (unpaired) electrons. The first-order valence-electron chi connectivity index (χ1n) is 7.34. The third kappa shape index (κ3) is 3.16. The van der Waals surface area contributed by atoms with Crippen LogP contribution in [0, 0.1) is 6.92 Å². The summed E-state index contributed by atoms with van der Waals surface area (Å²) >= 11 is 0. The summed E-state index contributed by atoms with van der Waals surface area (Å²) in [5.74, 6) is 0.359. The van der Waals surface area contributed by atoms with Crippen LogP contribution in [0.3, 0.4) is 0 Å². The maximum Gasteiger partial charge on any atom is 0.247 e. The lowest BCUT2D eigenvalue weighted by Gasteiger charge is -2.27. The Morgan fingerprint density at radius 3 is 2.67 bits per heavy atom. The van der Waals surface area contributed by atoms with Crippen molar-refractivity contribution in [1.29, 1.82) is 0 Å².